The number of anilines is 1. The molecular weight excluding hydrogens is 516 g/mol. The Hall–Kier alpha value is -3.95. The number of sulfone groups is 1. The maximum atomic E-state index is 12.5. The van der Waals surface area contributed by atoms with Crippen LogP contribution in [-0.2, 0) is 21.1 Å². The van der Waals surface area contributed by atoms with Crippen LogP contribution in [0.25, 0.3) is 6.08 Å². The number of benzene rings is 2. The van der Waals surface area contributed by atoms with Gasteiger partial charge in [0, 0.05) is 24.2 Å². The number of carbonyl (C=O) groups is 1. The molecule has 0 spiro atoms. The van der Waals surface area contributed by atoms with Gasteiger partial charge >= 0.3 is 0 Å². The Bertz CT molecular complexity index is 1410. The Labute approximate surface area is 219 Å². The van der Waals surface area contributed by atoms with Crippen LogP contribution in [0.5, 0.6) is 17.2 Å². The Balaban J connectivity index is 1.57. The highest BCUT2D eigenvalue weighted by atomic mass is 32.2. The molecule has 2 aromatic carbocycles. The van der Waals surface area contributed by atoms with Gasteiger partial charge in [0.15, 0.2) is 11.5 Å². The third-order valence-electron chi connectivity index (χ3n) is 4.97. The first-order valence-corrected chi connectivity index (χ1v) is 13.9. The molecule has 0 fully saturated rings. The van der Waals surface area contributed by atoms with E-state index in [0.717, 1.165) is 18.4 Å². The molecule has 0 atom stereocenters. The lowest BCUT2D eigenvalue weighted by atomic mass is 10.1. The zero-order valence-corrected chi connectivity index (χ0v) is 22.2. The summed E-state index contributed by atoms with van der Waals surface area (Å²) in [6.45, 7) is 3.00. The maximum absolute atomic E-state index is 12.5. The molecular formula is C25H26N4O6S2. The van der Waals surface area contributed by atoms with Crippen LogP contribution >= 0.6 is 11.5 Å². The van der Waals surface area contributed by atoms with Gasteiger partial charge in [0.2, 0.25) is 15.0 Å². The first kappa shape index (κ1) is 27.6. The maximum Gasteiger partial charge on any atom is 0.268 e. The number of ether oxygens (including phenoxy) is 3. The molecule has 12 heteroatoms. The Kier molecular flexibility index (Phi) is 9.59. The van der Waals surface area contributed by atoms with Crippen LogP contribution in [0.3, 0.4) is 0 Å². The molecule has 1 aromatic heterocycles. The van der Waals surface area contributed by atoms with E-state index in [1.807, 2.05) is 30.3 Å². The predicted octanol–water partition coefficient (Wildman–Crippen LogP) is 3.91. The van der Waals surface area contributed by atoms with Crippen LogP contribution in [-0.4, -0.2) is 50.3 Å². The number of nitrogens with one attached hydrogen (secondary N) is 1. The van der Waals surface area contributed by atoms with Gasteiger partial charge in [0.05, 0.1) is 20.3 Å². The Morgan fingerprint density at radius 1 is 1.14 bits per heavy atom. The zero-order chi connectivity index (χ0) is 26.8. The molecule has 0 aliphatic carbocycles. The number of aryl methyl sites for hydroxylation is 1. The summed E-state index contributed by atoms with van der Waals surface area (Å²) in [6.07, 6.45) is 3.97. The molecule has 3 aromatic rings. The fourth-order valence-corrected chi connectivity index (χ4v) is 4.48. The van der Waals surface area contributed by atoms with Crippen molar-refractivity contribution >= 4 is 38.5 Å². The molecule has 0 unspecified atom stereocenters. The lowest BCUT2D eigenvalue weighted by molar-refractivity contribution is -0.112. The number of carbonyl (C=O) groups excluding carboxylic acids is 1. The molecule has 37 heavy (non-hydrogen) atoms. The number of methoxy groups -OCH3 is 1. The average Bonchev–Trinajstić information content (AvgIpc) is 3.37. The molecule has 1 heterocycles. The fourth-order valence-electron chi connectivity index (χ4n) is 3.04. The summed E-state index contributed by atoms with van der Waals surface area (Å²) in [7, 11) is -2.11. The summed E-state index contributed by atoms with van der Waals surface area (Å²) in [5.41, 5.74) is 1.57. The lowest BCUT2D eigenvalue weighted by Gasteiger charge is -2.12. The van der Waals surface area contributed by atoms with Crippen LogP contribution in [0.4, 0.5) is 5.13 Å². The van der Waals surface area contributed by atoms with E-state index in [0.29, 0.717) is 48.2 Å². The van der Waals surface area contributed by atoms with Crippen molar-refractivity contribution in [1.29, 1.82) is 5.26 Å². The number of rotatable bonds is 12. The van der Waals surface area contributed by atoms with Crippen LogP contribution in [0, 0.1) is 11.3 Å². The largest absolute Gasteiger partial charge is 0.493 e. The van der Waals surface area contributed by atoms with Crippen molar-refractivity contribution in [2.24, 2.45) is 0 Å². The van der Waals surface area contributed by atoms with E-state index < -0.39 is 20.9 Å². The second kappa shape index (κ2) is 12.8. The third-order valence-corrected chi connectivity index (χ3v) is 6.56. The number of nitriles is 1. The van der Waals surface area contributed by atoms with Gasteiger partial charge in [-0.1, -0.05) is 25.1 Å². The van der Waals surface area contributed by atoms with E-state index in [-0.39, 0.29) is 10.7 Å². The van der Waals surface area contributed by atoms with Gasteiger partial charge in [-0.05, 0) is 47.9 Å². The number of amides is 1. The summed E-state index contributed by atoms with van der Waals surface area (Å²) in [5.74, 6) is 1.01. The minimum Gasteiger partial charge on any atom is -0.493 e. The fraction of sp³-hybridized carbons (Fsp3) is 0.280. The smallest absolute Gasteiger partial charge is 0.268 e. The van der Waals surface area contributed by atoms with Crippen molar-refractivity contribution in [2.75, 3.05) is 31.9 Å². The van der Waals surface area contributed by atoms with Gasteiger partial charge < -0.3 is 14.2 Å². The Morgan fingerprint density at radius 3 is 2.49 bits per heavy atom. The van der Waals surface area contributed by atoms with Crippen molar-refractivity contribution in [3.8, 4) is 23.3 Å². The predicted molar refractivity (Wildman–Crippen MR) is 140 cm³/mol. The van der Waals surface area contributed by atoms with Gasteiger partial charge in [0.1, 0.15) is 17.4 Å². The number of hydrogen-bond donors (Lipinski definition) is 1. The standard InChI is InChI=1S/C25H26N4O6S2/c1-4-17-6-9-20(10-7-17)34-12-5-13-35-21-11-8-18(15-22(21)33-2)14-19(16-26)23(30)27-24-28-25(29-36-24)37(3,31)32/h6-11,14-15H,4-5,12-13H2,1-3H3,(H,27,28,29,30). The van der Waals surface area contributed by atoms with Gasteiger partial charge in [0.25, 0.3) is 11.1 Å². The highest BCUT2D eigenvalue weighted by Gasteiger charge is 2.17. The van der Waals surface area contributed by atoms with Crippen molar-refractivity contribution in [3.63, 3.8) is 0 Å². The second-order valence-corrected chi connectivity index (χ2v) is 10.4. The normalized spacial score (nSPS) is 11.5. The van der Waals surface area contributed by atoms with Crippen molar-refractivity contribution in [3.05, 3.63) is 59.2 Å². The van der Waals surface area contributed by atoms with Gasteiger partial charge in [-0.3, -0.25) is 10.1 Å². The van der Waals surface area contributed by atoms with Crippen LogP contribution in [0.1, 0.15) is 24.5 Å². The minimum absolute atomic E-state index is 0.0325. The summed E-state index contributed by atoms with van der Waals surface area (Å²) >= 11 is 0.704. The first-order chi connectivity index (χ1) is 17.7. The lowest BCUT2D eigenvalue weighted by Crippen LogP contribution is -2.13. The monoisotopic (exact) mass is 542 g/mol. The van der Waals surface area contributed by atoms with Crippen molar-refractivity contribution in [1.82, 2.24) is 9.36 Å². The van der Waals surface area contributed by atoms with Crippen LogP contribution < -0.4 is 19.5 Å². The topological polar surface area (TPSA) is 140 Å². The third kappa shape index (κ3) is 8.03. The number of nitrogens with zero attached hydrogens (tertiary/aromatic N) is 3. The van der Waals surface area contributed by atoms with Crippen LogP contribution in [0.2, 0.25) is 0 Å². The summed E-state index contributed by atoms with van der Waals surface area (Å²) in [4.78, 5) is 16.2. The van der Waals surface area contributed by atoms with Gasteiger partial charge in [-0.15, -0.1) is 0 Å². The summed E-state index contributed by atoms with van der Waals surface area (Å²) in [5, 5.41) is 11.4. The highest BCUT2D eigenvalue weighted by molar-refractivity contribution is 7.90. The highest BCUT2D eigenvalue weighted by Crippen LogP contribution is 2.29. The molecule has 10 nitrogen and oxygen atoms in total. The molecule has 1 N–H and O–H groups in total. The van der Waals surface area contributed by atoms with E-state index in [2.05, 4.69) is 21.6 Å². The zero-order valence-electron chi connectivity index (χ0n) is 20.6. The van der Waals surface area contributed by atoms with E-state index in [4.69, 9.17) is 14.2 Å². The molecule has 0 bridgehead atoms. The van der Waals surface area contributed by atoms with E-state index >= 15 is 0 Å². The first-order valence-electron chi connectivity index (χ1n) is 11.2. The molecule has 0 aliphatic rings. The SMILES string of the molecule is CCc1ccc(OCCCOc2ccc(C=C(C#N)C(=O)Nc3nc(S(C)(=O)=O)ns3)cc2OC)cc1. The average molecular weight is 543 g/mol. The van der Waals surface area contributed by atoms with Crippen molar-refractivity contribution in [2.45, 2.75) is 24.9 Å². The molecule has 0 radical (unpaired) electrons. The summed E-state index contributed by atoms with van der Waals surface area (Å²) in [6, 6.07) is 14.8. The van der Waals surface area contributed by atoms with Gasteiger partial charge in [-0.2, -0.15) is 14.6 Å². The van der Waals surface area contributed by atoms with Gasteiger partial charge in [-0.25, -0.2) is 8.42 Å². The molecule has 3 rings (SSSR count). The molecule has 0 aliphatic heterocycles. The van der Waals surface area contributed by atoms with Crippen molar-refractivity contribution < 1.29 is 27.4 Å². The number of hydrogen-bond acceptors (Lipinski definition) is 10. The van der Waals surface area contributed by atoms with E-state index in [9.17, 15) is 18.5 Å². The molecule has 0 saturated carbocycles. The molecule has 1 amide bonds. The quantitative estimate of drug-likeness (QED) is 0.205. The summed E-state index contributed by atoms with van der Waals surface area (Å²) < 4.78 is 43.6. The molecule has 0 saturated heterocycles. The molecule has 194 valence electrons. The minimum atomic E-state index is -3.60. The van der Waals surface area contributed by atoms with E-state index in [1.54, 1.807) is 18.2 Å². The second-order valence-electron chi connectivity index (χ2n) is 7.74. The van der Waals surface area contributed by atoms with E-state index in [1.165, 1.54) is 18.7 Å². The Morgan fingerprint density at radius 2 is 1.86 bits per heavy atom. The van der Waals surface area contributed by atoms with Crippen LogP contribution in [0.15, 0.2) is 53.2 Å². The number of aromatic nitrogens is 2.